The van der Waals surface area contributed by atoms with Crippen LogP contribution in [0.1, 0.15) is 63.5 Å². The van der Waals surface area contributed by atoms with Crippen molar-refractivity contribution >= 4 is 12.0 Å². The minimum absolute atomic E-state index is 0.142. The molecule has 2 aromatic rings. The van der Waals surface area contributed by atoms with Gasteiger partial charge in [-0.2, -0.15) is 0 Å². The van der Waals surface area contributed by atoms with E-state index in [0.29, 0.717) is 37.2 Å². The number of carbonyl (C=O) groups is 2. The molecule has 2 aromatic carbocycles. The molecular weight excluding hydrogens is 442 g/mol. The van der Waals surface area contributed by atoms with Crippen LogP contribution in [0.3, 0.4) is 0 Å². The van der Waals surface area contributed by atoms with Crippen molar-refractivity contribution in [2.24, 2.45) is 5.73 Å². The second-order valence-corrected chi connectivity index (χ2v) is 8.93. The smallest absolute Gasteiger partial charge is 0.347 e. The molecule has 186 valence electrons. The first kappa shape index (κ1) is 27.1. The number of hydrogen-bond donors (Lipinski definition) is 2. The maximum atomic E-state index is 14.4. The maximum absolute atomic E-state index is 14.4. The molecule has 0 aliphatic rings. The van der Waals surface area contributed by atoms with Gasteiger partial charge >= 0.3 is 12.0 Å². The van der Waals surface area contributed by atoms with Crippen LogP contribution >= 0.6 is 0 Å². The first-order valence-electron chi connectivity index (χ1n) is 11.5. The number of benzene rings is 2. The summed E-state index contributed by atoms with van der Waals surface area (Å²) in [6, 6.07) is 10.1. The summed E-state index contributed by atoms with van der Waals surface area (Å²) < 4.78 is 33.2. The molecule has 1 unspecified atom stereocenters. The van der Waals surface area contributed by atoms with Crippen molar-refractivity contribution in [2.45, 2.75) is 64.4 Å². The fourth-order valence-electron chi connectivity index (χ4n) is 3.71. The van der Waals surface area contributed by atoms with E-state index in [1.165, 1.54) is 30.9 Å². The van der Waals surface area contributed by atoms with Gasteiger partial charge in [-0.05, 0) is 68.4 Å². The molecule has 0 spiro atoms. The summed E-state index contributed by atoms with van der Waals surface area (Å²) >= 11 is 0. The summed E-state index contributed by atoms with van der Waals surface area (Å²) in [5.74, 6) is -1.96. The summed E-state index contributed by atoms with van der Waals surface area (Å²) in [4.78, 5) is 24.8. The number of ether oxygens (including phenoxy) is 1. The molecule has 0 fully saturated rings. The highest BCUT2D eigenvalue weighted by Crippen LogP contribution is 2.29. The number of nitrogens with two attached hydrogens (primary N) is 1. The van der Waals surface area contributed by atoms with Crippen molar-refractivity contribution in [1.82, 2.24) is 4.90 Å². The summed E-state index contributed by atoms with van der Waals surface area (Å²) in [7, 11) is 0. The molecule has 1 atom stereocenters. The average molecular weight is 477 g/mol. The highest BCUT2D eigenvalue weighted by molar-refractivity contribution is 5.76. The van der Waals surface area contributed by atoms with Crippen LogP contribution in [0.25, 0.3) is 0 Å². The van der Waals surface area contributed by atoms with Crippen LogP contribution in [0.5, 0.6) is 5.75 Å². The third-order valence-corrected chi connectivity index (χ3v) is 5.85. The highest BCUT2D eigenvalue weighted by Gasteiger charge is 2.29. The van der Waals surface area contributed by atoms with Crippen LogP contribution in [0, 0.1) is 11.6 Å². The van der Waals surface area contributed by atoms with Gasteiger partial charge in [-0.1, -0.05) is 38.0 Å². The van der Waals surface area contributed by atoms with Crippen molar-refractivity contribution < 1.29 is 28.2 Å². The molecule has 3 N–H and O–H groups in total. The van der Waals surface area contributed by atoms with Gasteiger partial charge in [0.05, 0.1) is 0 Å². The number of carbonyl (C=O) groups excluding carboxylic acids is 1. The quantitative estimate of drug-likeness (QED) is 0.400. The van der Waals surface area contributed by atoms with E-state index in [1.807, 2.05) is 19.1 Å². The van der Waals surface area contributed by atoms with E-state index in [2.05, 4.69) is 0 Å². The zero-order chi connectivity index (χ0) is 25.3. The van der Waals surface area contributed by atoms with Crippen molar-refractivity contribution in [3.8, 4) is 5.75 Å². The fraction of sp³-hybridized carbons (Fsp3) is 0.462. The van der Waals surface area contributed by atoms with E-state index >= 15 is 0 Å². The third kappa shape index (κ3) is 8.01. The Hall–Kier alpha value is -3.16. The minimum Gasteiger partial charge on any atom is -0.478 e. The Bertz CT molecular complexity index is 964. The SMILES string of the molecule is CCCCC(CCN(CCc1ccc(OC(C)(C)C(=O)O)cc1)C(N)=O)c1ccc(F)cc1F. The molecule has 0 aromatic heterocycles. The molecule has 0 saturated heterocycles. The zero-order valence-corrected chi connectivity index (χ0v) is 20.0. The van der Waals surface area contributed by atoms with E-state index < -0.39 is 29.2 Å². The minimum atomic E-state index is -1.34. The van der Waals surface area contributed by atoms with E-state index in [0.717, 1.165) is 30.9 Å². The lowest BCUT2D eigenvalue weighted by molar-refractivity contribution is -0.152. The summed E-state index contributed by atoms with van der Waals surface area (Å²) in [6.45, 7) is 5.73. The highest BCUT2D eigenvalue weighted by atomic mass is 19.1. The van der Waals surface area contributed by atoms with Crippen molar-refractivity contribution in [3.63, 3.8) is 0 Å². The lowest BCUT2D eigenvalue weighted by Crippen LogP contribution is -2.38. The molecule has 0 aliphatic heterocycles. The topological polar surface area (TPSA) is 92.9 Å². The first-order valence-corrected chi connectivity index (χ1v) is 11.5. The molecule has 0 radical (unpaired) electrons. The second kappa shape index (κ2) is 12.3. The van der Waals surface area contributed by atoms with Gasteiger partial charge < -0.3 is 20.5 Å². The normalized spacial score (nSPS) is 12.3. The third-order valence-electron chi connectivity index (χ3n) is 5.85. The number of primary amides is 1. The Kier molecular flexibility index (Phi) is 9.83. The van der Waals surface area contributed by atoms with Gasteiger partial charge in [0, 0.05) is 19.2 Å². The van der Waals surface area contributed by atoms with Crippen molar-refractivity contribution in [2.75, 3.05) is 13.1 Å². The number of carboxylic acids is 1. The van der Waals surface area contributed by atoms with Crippen molar-refractivity contribution in [1.29, 1.82) is 0 Å². The predicted octanol–water partition coefficient (Wildman–Crippen LogP) is 5.49. The number of rotatable bonds is 13. The lowest BCUT2D eigenvalue weighted by Gasteiger charge is -2.25. The first-order chi connectivity index (χ1) is 16.0. The van der Waals surface area contributed by atoms with Gasteiger partial charge in [-0.25, -0.2) is 18.4 Å². The number of urea groups is 1. The monoisotopic (exact) mass is 476 g/mol. The number of aliphatic carboxylic acids is 1. The molecule has 2 rings (SSSR count). The predicted molar refractivity (Wildman–Crippen MR) is 127 cm³/mol. The van der Waals surface area contributed by atoms with Gasteiger partial charge in [0.2, 0.25) is 0 Å². The molecule has 8 heteroatoms. The van der Waals surface area contributed by atoms with Crippen LogP contribution in [-0.4, -0.2) is 40.7 Å². The molecule has 0 heterocycles. The number of halogens is 2. The number of unbranched alkanes of at least 4 members (excludes halogenated alkanes) is 1. The molecule has 0 bridgehead atoms. The Morgan fingerprint density at radius 3 is 2.32 bits per heavy atom. The summed E-state index contributed by atoms with van der Waals surface area (Å²) in [5, 5.41) is 9.18. The van der Waals surface area contributed by atoms with Crippen LogP contribution in [0.4, 0.5) is 13.6 Å². The maximum Gasteiger partial charge on any atom is 0.347 e. The van der Waals surface area contributed by atoms with E-state index in [9.17, 15) is 23.5 Å². The molecule has 0 aliphatic carbocycles. The Balaban J connectivity index is 2.00. The van der Waals surface area contributed by atoms with Crippen LogP contribution in [-0.2, 0) is 11.2 Å². The number of amides is 2. The van der Waals surface area contributed by atoms with Gasteiger partial charge in [-0.3, -0.25) is 0 Å². The summed E-state index contributed by atoms with van der Waals surface area (Å²) in [5.41, 5.74) is 5.63. The van der Waals surface area contributed by atoms with Gasteiger partial charge in [0.1, 0.15) is 17.4 Å². The van der Waals surface area contributed by atoms with Gasteiger partial charge in [-0.15, -0.1) is 0 Å². The van der Waals surface area contributed by atoms with Gasteiger partial charge in [0.25, 0.3) is 0 Å². The van der Waals surface area contributed by atoms with E-state index in [-0.39, 0.29) is 5.92 Å². The van der Waals surface area contributed by atoms with E-state index in [4.69, 9.17) is 10.5 Å². The van der Waals surface area contributed by atoms with Crippen LogP contribution in [0.2, 0.25) is 0 Å². The number of hydrogen-bond acceptors (Lipinski definition) is 3. The summed E-state index contributed by atoms with van der Waals surface area (Å²) in [6.07, 6.45) is 3.63. The second-order valence-electron chi connectivity index (χ2n) is 8.93. The average Bonchev–Trinajstić information content (AvgIpc) is 2.76. The molecule has 6 nitrogen and oxygen atoms in total. The van der Waals surface area contributed by atoms with E-state index in [1.54, 1.807) is 12.1 Å². The molecular formula is C26H34F2N2O4. The Morgan fingerprint density at radius 2 is 1.76 bits per heavy atom. The van der Waals surface area contributed by atoms with Gasteiger partial charge in [0.15, 0.2) is 5.60 Å². The van der Waals surface area contributed by atoms with Crippen molar-refractivity contribution in [3.05, 3.63) is 65.2 Å². The molecule has 0 saturated carbocycles. The standard InChI is InChI=1S/C26H34F2N2O4/c1-4-5-6-19(22-12-9-20(27)17-23(22)28)14-16-30(25(29)33)15-13-18-7-10-21(11-8-18)34-26(2,3)24(31)32/h7-12,17,19H,4-6,13-16H2,1-3H3,(H2,29,33)(H,31,32). The van der Waals surface area contributed by atoms with Crippen LogP contribution < -0.4 is 10.5 Å². The Labute approximate surface area is 199 Å². The molecule has 2 amide bonds. The number of nitrogens with zero attached hydrogens (tertiary/aromatic N) is 1. The lowest BCUT2D eigenvalue weighted by atomic mass is 9.90. The Morgan fingerprint density at radius 1 is 1.09 bits per heavy atom. The fourth-order valence-corrected chi connectivity index (χ4v) is 3.71. The zero-order valence-electron chi connectivity index (χ0n) is 20.0. The largest absolute Gasteiger partial charge is 0.478 e. The number of carboxylic acid groups (broad SMARTS) is 1. The van der Waals surface area contributed by atoms with Crippen LogP contribution in [0.15, 0.2) is 42.5 Å². The molecule has 34 heavy (non-hydrogen) atoms.